The molecule has 0 spiro atoms. The summed E-state index contributed by atoms with van der Waals surface area (Å²) in [5.41, 5.74) is 7.41. The molecule has 124 valence electrons. The molecule has 3 heterocycles. The van der Waals surface area contributed by atoms with Crippen LogP contribution >= 0.6 is 0 Å². The fraction of sp³-hybridized carbons (Fsp3) is 0.353. The van der Waals surface area contributed by atoms with E-state index in [4.69, 9.17) is 11.0 Å². The minimum Gasteiger partial charge on any atom is -0.346 e. The van der Waals surface area contributed by atoms with Gasteiger partial charge in [-0.05, 0) is 18.9 Å². The molecule has 0 aliphatic heterocycles. The second-order valence-corrected chi connectivity index (χ2v) is 6.64. The Balaban J connectivity index is 1.69. The summed E-state index contributed by atoms with van der Waals surface area (Å²) in [5, 5.41) is 23.8. The number of hydrogen-bond acceptors (Lipinski definition) is 6. The molecule has 4 rings (SSSR count). The van der Waals surface area contributed by atoms with Gasteiger partial charge in [0.2, 0.25) is 0 Å². The molecule has 0 saturated heterocycles. The molecule has 3 N–H and O–H groups in total. The van der Waals surface area contributed by atoms with E-state index in [1.54, 1.807) is 6.20 Å². The smallest absolute Gasteiger partial charge is 0.141 e. The van der Waals surface area contributed by atoms with Gasteiger partial charge in [0.05, 0.1) is 41.4 Å². The van der Waals surface area contributed by atoms with E-state index < -0.39 is 11.0 Å². The number of aromatic amines is 1. The van der Waals surface area contributed by atoms with Crippen LogP contribution in [-0.2, 0) is 5.54 Å². The quantitative estimate of drug-likeness (QED) is 0.747. The predicted molar refractivity (Wildman–Crippen MR) is 89.6 cm³/mol. The molecule has 3 aromatic rings. The summed E-state index contributed by atoms with van der Waals surface area (Å²) in [7, 11) is 0. The Morgan fingerprint density at radius 2 is 2.16 bits per heavy atom. The number of nitrogens with zero attached hydrogens (tertiary/aromatic N) is 6. The first-order chi connectivity index (χ1) is 12.2. The summed E-state index contributed by atoms with van der Waals surface area (Å²) >= 11 is 0. The summed E-state index contributed by atoms with van der Waals surface area (Å²) in [5.74, 6) is 0. The number of nitriles is 2. The lowest BCUT2D eigenvalue weighted by atomic mass is 9.56. The summed E-state index contributed by atoms with van der Waals surface area (Å²) in [4.78, 5) is 11.6. The Hall–Kier alpha value is -3.23. The van der Waals surface area contributed by atoms with Crippen molar-refractivity contribution in [3.63, 3.8) is 0 Å². The molecule has 3 aromatic heterocycles. The zero-order valence-electron chi connectivity index (χ0n) is 13.5. The van der Waals surface area contributed by atoms with Gasteiger partial charge in [-0.1, -0.05) is 0 Å². The maximum atomic E-state index is 9.43. The SMILES string of the molecule is N#CCC1(C#N)CC(CN)(n2cc(-c3ncnc4[nH]ccc34)cn2)C1. The normalized spacial score (nSPS) is 25.2. The molecule has 0 unspecified atom stereocenters. The van der Waals surface area contributed by atoms with Crippen LogP contribution in [0.4, 0.5) is 0 Å². The first kappa shape index (κ1) is 15.3. The van der Waals surface area contributed by atoms with Crippen LogP contribution < -0.4 is 5.73 Å². The highest BCUT2D eigenvalue weighted by molar-refractivity contribution is 5.89. The predicted octanol–water partition coefficient (Wildman–Crippen LogP) is 1.69. The average molecular weight is 332 g/mol. The van der Waals surface area contributed by atoms with Crippen LogP contribution in [-0.4, -0.2) is 31.3 Å². The first-order valence-electron chi connectivity index (χ1n) is 7.97. The molecule has 0 atom stereocenters. The molecular weight excluding hydrogens is 316 g/mol. The van der Waals surface area contributed by atoms with Gasteiger partial charge in [0.25, 0.3) is 0 Å². The van der Waals surface area contributed by atoms with Crippen LogP contribution in [0.5, 0.6) is 0 Å². The van der Waals surface area contributed by atoms with Gasteiger partial charge in [0.15, 0.2) is 0 Å². The standard InChI is InChI=1S/C17H16N8/c18-3-2-16(9-19)7-17(8-16,10-20)25-6-12(5-24-25)14-13-1-4-21-15(13)23-11-22-14/h1,4-6,11H,2,7-8,10,20H2,(H,21,22,23). The van der Waals surface area contributed by atoms with Crippen molar-refractivity contribution in [2.45, 2.75) is 24.8 Å². The van der Waals surface area contributed by atoms with Crippen molar-refractivity contribution in [2.24, 2.45) is 11.1 Å². The van der Waals surface area contributed by atoms with Crippen LogP contribution in [0.15, 0.2) is 31.0 Å². The van der Waals surface area contributed by atoms with Gasteiger partial charge in [-0.15, -0.1) is 0 Å². The second-order valence-electron chi connectivity index (χ2n) is 6.64. The van der Waals surface area contributed by atoms with Crippen molar-refractivity contribution in [3.8, 4) is 23.4 Å². The largest absolute Gasteiger partial charge is 0.346 e. The fourth-order valence-corrected chi connectivity index (χ4v) is 3.81. The maximum Gasteiger partial charge on any atom is 0.141 e. The lowest BCUT2D eigenvalue weighted by Gasteiger charge is -2.51. The summed E-state index contributed by atoms with van der Waals surface area (Å²) < 4.78 is 1.83. The monoisotopic (exact) mass is 332 g/mol. The molecule has 0 amide bonds. The van der Waals surface area contributed by atoms with Gasteiger partial charge in [-0.2, -0.15) is 15.6 Å². The number of nitrogens with one attached hydrogen (secondary N) is 1. The zero-order chi connectivity index (χ0) is 17.5. The molecule has 8 nitrogen and oxygen atoms in total. The van der Waals surface area contributed by atoms with Gasteiger partial charge in [0, 0.05) is 29.9 Å². The van der Waals surface area contributed by atoms with Crippen molar-refractivity contribution in [1.29, 1.82) is 10.5 Å². The summed E-state index contributed by atoms with van der Waals surface area (Å²) in [6, 6.07) is 6.33. The first-order valence-corrected chi connectivity index (χ1v) is 7.97. The molecule has 25 heavy (non-hydrogen) atoms. The van der Waals surface area contributed by atoms with Crippen molar-refractivity contribution < 1.29 is 0 Å². The molecule has 1 aliphatic carbocycles. The number of hydrogen-bond donors (Lipinski definition) is 2. The minimum atomic E-state index is -0.622. The van der Waals surface area contributed by atoms with Crippen molar-refractivity contribution in [1.82, 2.24) is 24.7 Å². The van der Waals surface area contributed by atoms with Gasteiger partial charge in [-0.3, -0.25) is 4.68 Å². The molecule has 1 saturated carbocycles. The van der Waals surface area contributed by atoms with Gasteiger partial charge < -0.3 is 10.7 Å². The average Bonchev–Trinajstić information content (AvgIpc) is 3.26. The topological polar surface area (TPSA) is 133 Å². The van der Waals surface area contributed by atoms with E-state index in [1.165, 1.54) is 6.33 Å². The van der Waals surface area contributed by atoms with E-state index in [0.717, 1.165) is 22.3 Å². The van der Waals surface area contributed by atoms with Crippen molar-refractivity contribution in [3.05, 3.63) is 31.0 Å². The molecule has 8 heteroatoms. The Labute approximate surface area is 143 Å². The van der Waals surface area contributed by atoms with Crippen molar-refractivity contribution in [2.75, 3.05) is 6.54 Å². The lowest BCUT2D eigenvalue weighted by molar-refractivity contribution is 0.0137. The van der Waals surface area contributed by atoms with E-state index >= 15 is 0 Å². The second kappa shape index (κ2) is 5.40. The molecule has 0 bridgehead atoms. The number of H-pyrrole nitrogens is 1. The Bertz CT molecular complexity index is 1010. The van der Waals surface area contributed by atoms with E-state index in [1.807, 2.05) is 23.1 Å². The lowest BCUT2D eigenvalue weighted by Crippen LogP contribution is -2.57. The third kappa shape index (κ3) is 2.19. The van der Waals surface area contributed by atoms with Gasteiger partial charge in [-0.25, -0.2) is 9.97 Å². The van der Waals surface area contributed by atoms with Gasteiger partial charge >= 0.3 is 0 Å². The van der Waals surface area contributed by atoms with E-state index in [0.29, 0.717) is 19.4 Å². The highest BCUT2D eigenvalue weighted by atomic mass is 15.3. The molecule has 1 fully saturated rings. The Morgan fingerprint density at radius 1 is 1.32 bits per heavy atom. The Kier molecular flexibility index (Phi) is 3.31. The number of nitrogens with two attached hydrogens (primary N) is 1. The third-order valence-electron chi connectivity index (χ3n) is 5.07. The summed E-state index contributed by atoms with van der Waals surface area (Å²) in [6.45, 7) is 0.367. The Morgan fingerprint density at radius 3 is 2.88 bits per heavy atom. The van der Waals surface area contributed by atoms with Crippen LogP contribution in [0.25, 0.3) is 22.3 Å². The van der Waals surface area contributed by atoms with E-state index in [2.05, 4.69) is 32.2 Å². The number of aromatic nitrogens is 5. The third-order valence-corrected chi connectivity index (χ3v) is 5.07. The molecule has 0 radical (unpaired) electrons. The number of fused-ring (bicyclic) bond motifs is 1. The highest BCUT2D eigenvalue weighted by Gasteiger charge is 2.56. The van der Waals surface area contributed by atoms with Crippen LogP contribution in [0.1, 0.15) is 19.3 Å². The van der Waals surface area contributed by atoms with Crippen LogP contribution in [0.3, 0.4) is 0 Å². The molecular formula is C17H16N8. The molecule has 1 aliphatic rings. The number of rotatable bonds is 4. The maximum absolute atomic E-state index is 9.43. The minimum absolute atomic E-state index is 0.218. The zero-order valence-corrected chi connectivity index (χ0v) is 13.5. The van der Waals surface area contributed by atoms with Crippen molar-refractivity contribution >= 4 is 11.0 Å². The van der Waals surface area contributed by atoms with Crippen LogP contribution in [0.2, 0.25) is 0 Å². The van der Waals surface area contributed by atoms with E-state index in [-0.39, 0.29) is 6.42 Å². The van der Waals surface area contributed by atoms with Gasteiger partial charge in [0.1, 0.15) is 12.0 Å². The highest BCUT2D eigenvalue weighted by Crippen LogP contribution is 2.54. The molecule has 0 aromatic carbocycles. The van der Waals surface area contributed by atoms with Crippen LogP contribution in [0, 0.1) is 28.1 Å². The van der Waals surface area contributed by atoms with E-state index in [9.17, 15) is 5.26 Å². The summed E-state index contributed by atoms with van der Waals surface area (Å²) in [6.07, 6.45) is 8.29. The fourth-order valence-electron chi connectivity index (χ4n) is 3.81.